The average molecular weight is 599 g/mol. The van der Waals surface area contributed by atoms with Gasteiger partial charge in [0.25, 0.3) is 23.6 Å². The van der Waals surface area contributed by atoms with E-state index in [0.717, 1.165) is 43.4 Å². The molecule has 2 aliphatic heterocycles. The van der Waals surface area contributed by atoms with E-state index in [1.807, 2.05) is 109 Å². The molecular formula is C40H26N2O4. The molecule has 0 saturated carbocycles. The molecule has 46 heavy (non-hydrogen) atoms. The molecule has 0 aromatic heterocycles. The molecule has 9 rings (SSSR count). The topological polar surface area (TPSA) is 74.8 Å². The summed E-state index contributed by atoms with van der Waals surface area (Å²) in [5.74, 6) is -1.17. The maximum Gasteiger partial charge on any atom is 0.261 e. The number of rotatable bonds is 6. The van der Waals surface area contributed by atoms with E-state index in [4.69, 9.17) is 0 Å². The Hall–Kier alpha value is -5.88. The molecule has 7 aromatic rings. The number of hydrogen-bond acceptors (Lipinski definition) is 4. The van der Waals surface area contributed by atoms with E-state index in [1.54, 1.807) is 0 Å². The van der Waals surface area contributed by atoms with Gasteiger partial charge in [-0.05, 0) is 80.6 Å². The third-order valence-corrected chi connectivity index (χ3v) is 9.74. The van der Waals surface area contributed by atoms with Gasteiger partial charge in [0.15, 0.2) is 0 Å². The van der Waals surface area contributed by atoms with Crippen LogP contribution in [0.15, 0.2) is 109 Å². The van der Waals surface area contributed by atoms with Crippen molar-refractivity contribution in [2.75, 3.05) is 13.1 Å². The first-order valence-electron chi connectivity index (χ1n) is 15.5. The summed E-state index contributed by atoms with van der Waals surface area (Å²) in [6.45, 7) is 0.592. The minimum atomic E-state index is -0.292. The predicted molar refractivity (Wildman–Crippen MR) is 179 cm³/mol. The number of amides is 4. The lowest BCUT2D eigenvalue weighted by molar-refractivity contribution is 0.0597. The molecule has 0 fully saturated rings. The highest BCUT2D eigenvalue weighted by atomic mass is 16.2. The van der Waals surface area contributed by atoms with Crippen LogP contribution in [0.1, 0.15) is 52.6 Å². The van der Waals surface area contributed by atoms with E-state index in [-0.39, 0.29) is 23.6 Å². The number of hydrogen-bond donors (Lipinski definition) is 0. The largest absolute Gasteiger partial charge is 0.274 e. The molecule has 0 atom stereocenters. The summed E-state index contributed by atoms with van der Waals surface area (Å²) >= 11 is 0. The standard InChI is InChI=1S/C40H26N2O4/c43-37-29-15-11-25-27-13-17-31-36-32(40(46)42(39(31)45)22-20-24-9-5-2-6-10-24)18-14-28(34(27)36)26-12-16-30(35(29)33(25)26)38(44)41(37)21-19-23-7-3-1-4-8-23/h1-18H,19-22H2. The summed E-state index contributed by atoms with van der Waals surface area (Å²) in [6, 6.07) is 34.7. The second kappa shape index (κ2) is 9.81. The van der Waals surface area contributed by atoms with Crippen molar-refractivity contribution in [3.63, 3.8) is 0 Å². The van der Waals surface area contributed by atoms with Crippen molar-refractivity contribution in [3.8, 4) is 0 Å². The number of benzene rings is 7. The fourth-order valence-corrected chi connectivity index (χ4v) is 7.55. The Morgan fingerprint density at radius 3 is 0.957 bits per heavy atom. The van der Waals surface area contributed by atoms with Crippen molar-refractivity contribution in [2.45, 2.75) is 12.8 Å². The van der Waals surface area contributed by atoms with Crippen LogP contribution in [-0.2, 0) is 12.8 Å². The zero-order valence-electron chi connectivity index (χ0n) is 24.7. The van der Waals surface area contributed by atoms with Gasteiger partial charge in [-0.2, -0.15) is 0 Å². The Labute approximate surface area is 263 Å². The van der Waals surface area contributed by atoms with Crippen molar-refractivity contribution >= 4 is 66.7 Å². The summed E-state index contributed by atoms with van der Waals surface area (Å²) < 4.78 is 0. The minimum absolute atomic E-state index is 0.292. The fourth-order valence-electron chi connectivity index (χ4n) is 7.55. The monoisotopic (exact) mass is 598 g/mol. The summed E-state index contributed by atoms with van der Waals surface area (Å²) in [5, 5.41) is 6.58. The van der Waals surface area contributed by atoms with E-state index >= 15 is 0 Å². The molecule has 6 nitrogen and oxygen atoms in total. The Morgan fingerprint density at radius 1 is 0.348 bits per heavy atom. The quantitative estimate of drug-likeness (QED) is 0.113. The molecule has 2 heterocycles. The maximum atomic E-state index is 13.8. The zero-order chi connectivity index (χ0) is 31.1. The molecule has 0 bridgehead atoms. The minimum Gasteiger partial charge on any atom is -0.274 e. The fraction of sp³-hybridized carbons (Fsp3) is 0.100. The van der Waals surface area contributed by atoms with Crippen molar-refractivity contribution < 1.29 is 19.2 Å². The summed E-state index contributed by atoms with van der Waals surface area (Å²) in [7, 11) is 0. The highest BCUT2D eigenvalue weighted by Gasteiger charge is 2.36. The van der Waals surface area contributed by atoms with E-state index in [9.17, 15) is 19.2 Å². The van der Waals surface area contributed by atoms with E-state index in [0.29, 0.717) is 59.0 Å². The van der Waals surface area contributed by atoms with Gasteiger partial charge < -0.3 is 0 Å². The Balaban J connectivity index is 1.18. The van der Waals surface area contributed by atoms with Gasteiger partial charge in [-0.25, -0.2) is 0 Å². The number of carbonyl (C=O) groups excluding carboxylic acids is 4. The Kier molecular flexibility index (Phi) is 5.66. The number of imide groups is 2. The first kappa shape index (κ1) is 26.5. The third-order valence-electron chi connectivity index (χ3n) is 9.74. The Morgan fingerprint density at radius 2 is 0.652 bits per heavy atom. The lowest BCUT2D eigenvalue weighted by Crippen LogP contribution is -2.41. The second-order valence-electron chi connectivity index (χ2n) is 12.1. The highest BCUT2D eigenvalue weighted by molar-refractivity contribution is 6.41. The second-order valence-corrected chi connectivity index (χ2v) is 12.1. The summed E-state index contributed by atoms with van der Waals surface area (Å²) in [4.78, 5) is 57.9. The van der Waals surface area contributed by atoms with Crippen LogP contribution < -0.4 is 0 Å². The molecule has 0 aliphatic carbocycles. The maximum absolute atomic E-state index is 13.8. The first-order chi connectivity index (χ1) is 22.5. The number of nitrogens with zero attached hydrogens (tertiary/aromatic N) is 2. The lowest BCUT2D eigenvalue weighted by Gasteiger charge is -2.30. The van der Waals surface area contributed by atoms with Crippen LogP contribution in [0.5, 0.6) is 0 Å². The molecule has 0 spiro atoms. The molecule has 0 unspecified atom stereocenters. The van der Waals surface area contributed by atoms with Crippen LogP contribution in [0.4, 0.5) is 0 Å². The predicted octanol–water partition coefficient (Wildman–Crippen LogP) is 7.41. The molecular weight excluding hydrogens is 572 g/mol. The van der Waals surface area contributed by atoms with Crippen molar-refractivity contribution in [1.29, 1.82) is 0 Å². The van der Waals surface area contributed by atoms with E-state index < -0.39 is 0 Å². The van der Waals surface area contributed by atoms with Crippen LogP contribution in [0.3, 0.4) is 0 Å². The van der Waals surface area contributed by atoms with Gasteiger partial charge in [-0.15, -0.1) is 0 Å². The Bertz CT molecular complexity index is 2160. The first-order valence-corrected chi connectivity index (χ1v) is 15.5. The smallest absolute Gasteiger partial charge is 0.261 e. The molecule has 2 aliphatic rings. The van der Waals surface area contributed by atoms with Gasteiger partial charge in [0.2, 0.25) is 0 Å². The van der Waals surface area contributed by atoms with Gasteiger partial charge in [-0.1, -0.05) is 84.9 Å². The molecule has 0 N–H and O–H groups in total. The highest BCUT2D eigenvalue weighted by Crippen LogP contribution is 2.46. The van der Waals surface area contributed by atoms with Crippen molar-refractivity contribution in [3.05, 3.63) is 143 Å². The SMILES string of the molecule is O=C1c2ccc3c4ccc5c6c(ccc(c7ccc(c2c37)C(=O)N1CCc1ccccc1)c64)C(=O)N(CCc1ccccc1)C5=O. The van der Waals surface area contributed by atoms with Gasteiger partial charge >= 0.3 is 0 Å². The number of fused-ring (bicyclic) bond motifs is 2. The molecule has 6 heteroatoms. The zero-order valence-corrected chi connectivity index (χ0v) is 24.7. The molecule has 0 saturated heterocycles. The average Bonchev–Trinajstić information content (AvgIpc) is 3.09. The normalized spacial score (nSPS) is 14.5. The van der Waals surface area contributed by atoms with Crippen LogP contribution in [0.25, 0.3) is 43.1 Å². The summed E-state index contributed by atoms with van der Waals surface area (Å²) in [5.41, 5.74) is 4.17. The van der Waals surface area contributed by atoms with Crippen LogP contribution in [-0.4, -0.2) is 46.5 Å². The van der Waals surface area contributed by atoms with Gasteiger partial charge in [-0.3, -0.25) is 29.0 Å². The van der Waals surface area contributed by atoms with E-state index in [2.05, 4.69) is 0 Å². The van der Waals surface area contributed by atoms with Gasteiger partial charge in [0.05, 0.1) is 0 Å². The van der Waals surface area contributed by atoms with Gasteiger partial charge in [0, 0.05) is 46.1 Å². The third kappa shape index (κ3) is 3.64. The van der Waals surface area contributed by atoms with Crippen molar-refractivity contribution in [2.24, 2.45) is 0 Å². The summed E-state index contributed by atoms with van der Waals surface area (Å²) in [6.07, 6.45) is 1.16. The van der Waals surface area contributed by atoms with Crippen LogP contribution >= 0.6 is 0 Å². The lowest BCUT2D eigenvalue weighted by atomic mass is 9.82. The molecule has 7 aromatic carbocycles. The van der Waals surface area contributed by atoms with Gasteiger partial charge in [0.1, 0.15) is 0 Å². The van der Waals surface area contributed by atoms with Crippen LogP contribution in [0.2, 0.25) is 0 Å². The van der Waals surface area contributed by atoms with Crippen LogP contribution in [0, 0.1) is 0 Å². The van der Waals surface area contributed by atoms with E-state index in [1.165, 1.54) is 9.80 Å². The van der Waals surface area contributed by atoms with Crippen molar-refractivity contribution in [1.82, 2.24) is 9.80 Å². The molecule has 4 amide bonds. The molecule has 0 radical (unpaired) electrons. The number of carbonyl (C=O) groups is 4. The molecule has 220 valence electrons.